The van der Waals surface area contributed by atoms with Gasteiger partial charge >= 0.3 is 0 Å². The van der Waals surface area contributed by atoms with Crippen molar-refractivity contribution in [2.45, 2.75) is 0 Å². The average Bonchev–Trinajstić information content (AvgIpc) is 3.14. The maximum Gasteiger partial charge on any atom is 0.264 e. The summed E-state index contributed by atoms with van der Waals surface area (Å²) in [6.45, 7) is 3.15. The van der Waals surface area contributed by atoms with Gasteiger partial charge in [-0.2, -0.15) is 0 Å². The van der Waals surface area contributed by atoms with Crippen LogP contribution < -0.4 is 10.1 Å². The molecule has 29 heavy (non-hydrogen) atoms. The van der Waals surface area contributed by atoms with Crippen molar-refractivity contribution in [3.05, 3.63) is 54.1 Å². The van der Waals surface area contributed by atoms with Gasteiger partial charge < -0.3 is 14.5 Å². The summed E-state index contributed by atoms with van der Waals surface area (Å²) in [5.41, 5.74) is 1.40. The highest BCUT2D eigenvalue weighted by Gasteiger charge is 2.21. The zero-order valence-electron chi connectivity index (χ0n) is 16.1. The van der Waals surface area contributed by atoms with Gasteiger partial charge in [0, 0.05) is 31.7 Å². The van der Waals surface area contributed by atoms with Crippen LogP contribution in [0.25, 0.3) is 10.2 Å². The summed E-state index contributed by atoms with van der Waals surface area (Å²) in [5.74, 6) is 0.399. The van der Waals surface area contributed by atoms with Crippen LogP contribution in [0.4, 0.5) is 5.13 Å². The van der Waals surface area contributed by atoms with Crippen LogP contribution in [-0.4, -0.2) is 66.4 Å². The molecule has 4 rings (SSSR count). The molecule has 1 aromatic heterocycles. The number of aromatic nitrogens is 1. The predicted molar refractivity (Wildman–Crippen MR) is 114 cm³/mol. The van der Waals surface area contributed by atoms with E-state index in [0.29, 0.717) is 16.4 Å². The number of nitrogens with zero attached hydrogens (tertiary/aromatic N) is 3. The Morgan fingerprint density at radius 1 is 1.10 bits per heavy atom. The number of amides is 2. The molecule has 1 N–H and O–H groups in total. The van der Waals surface area contributed by atoms with Gasteiger partial charge in [-0.05, 0) is 37.4 Å². The lowest BCUT2D eigenvalue weighted by molar-refractivity contribution is -0.118. The number of para-hydroxylation sites is 1. The van der Waals surface area contributed by atoms with E-state index in [-0.39, 0.29) is 18.4 Å². The Kier molecular flexibility index (Phi) is 5.73. The van der Waals surface area contributed by atoms with Crippen molar-refractivity contribution in [2.75, 3.05) is 45.2 Å². The van der Waals surface area contributed by atoms with E-state index in [1.165, 1.54) is 11.3 Å². The van der Waals surface area contributed by atoms with Gasteiger partial charge in [0.05, 0.1) is 10.2 Å². The summed E-state index contributed by atoms with van der Waals surface area (Å²) in [6.07, 6.45) is 0. The van der Waals surface area contributed by atoms with Crippen molar-refractivity contribution < 1.29 is 14.3 Å². The van der Waals surface area contributed by atoms with Crippen molar-refractivity contribution in [3.63, 3.8) is 0 Å². The zero-order chi connectivity index (χ0) is 20.2. The molecule has 1 aliphatic rings. The molecule has 2 aromatic carbocycles. The number of carbonyl (C=O) groups excluding carboxylic acids is 2. The van der Waals surface area contributed by atoms with E-state index in [1.807, 2.05) is 35.2 Å². The van der Waals surface area contributed by atoms with Gasteiger partial charge in [0.1, 0.15) is 5.75 Å². The second kappa shape index (κ2) is 8.59. The number of hydrogen-bond donors (Lipinski definition) is 1. The van der Waals surface area contributed by atoms with Crippen molar-refractivity contribution >= 4 is 38.5 Å². The van der Waals surface area contributed by atoms with Gasteiger partial charge in [0.2, 0.25) is 0 Å². The molecule has 8 heteroatoms. The summed E-state index contributed by atoms with van der Waals surface area (Å²) in [5, 5.41) is 3.25. The Hall–Kier alpha value is -2.97. The normalized spacial score (nSPS) is 14.7. The SMILES string of the molecule is CN1CCN(C(=O)c2ccc3nc(NC(=O)COc4ccccc4)sc3c2)CC1. The molecule has 1 fully saturated rings. The topological polar surface area (TPSA) is 74.8 Å². The second-order valence-electron chi connectivity index (χ2n) is 6.95. The predicted octanol–water partition coefficient (Wildman–Crippen LogP) is 2.70. The van der Waals surface area contributed by atoms with Crippen molar-refractivity contribution in [2.24, 2.45) is 0 Å². The number of nitrogens with one attached hydrogen (secondary N) is 1. The smallest absolute Gasteiger partial charge is 0.264 e. The molecule has 1 aliphatic heterocycles. The van der Waals surface area contributed by atoms with E-state index in [2.05, 4.69) is 22.2 Å². The number of carbonyl (C=O) groups is 2. The molecular weight excluding hydrogens is 388 g/mol. The van der Waals surface area contributed by atoms with Gasteiger partial charge in [-0.25, -0.2) is 4.98 Å². The maximum absolute atomic E-state index is 12.8. The molecule has 0 unspecified atom stereocenters. The summed E-state index contributed by atoms with van der Waals surface area (Å²) in [4.78, 5) is 33.4. The number of benzene rings is 2. The van der Waals surface area contributed by atoms with Crippen LogP contribution in [0.15, 0.2) is 48.5 Å². The number of thiazole rings is 1. The first-order valence-corrected chi connectivity index (χ1v) is 10.3. The third-order valence-electron chi connectivity index (χ3n) is 4.79. The van der Waals surface area contributed by atoms with Gasteiger partial charge in [0.25, 0.3) is 11.8 Å². The standard InChI is InChI=1S/C21H22N4O3S/c1-24-9-11-25(12-10-24)20(27)15-7-8-17-18(13-15)29-21(22-17)23-19(26)14-28-16-5-3-2-4-6-16/h2-8,13H,9-12,14H2,1H3,(H,22,23,26). The number of piperazine rings is 1. The number of anilines is 1. The van der Waals surface area contributed by atoms with Crippen LogP contribution in [0.1, 0.15) is 10.4 Å². The first kappa shape index (κ1) is 19.4. The van der Waals surface area contributed by atoms with Crippen molar-refractivity contribution in [1.29, 1.82) is 0 Å². The molecule has 2 heterocycles. The second-order valence-corrected chi connectivity index (χ2v) is 7.98. The fourth-order valence-electron chi connectivity index (χ4n) is 3.12. The lowest BCUT2D eigenvalue weighted by Crippen LogP contribution is -2.47. The van der Waals surface area contributed by atoms with E-state index in [1.54, 1.807) is 18.2 Å². The highest BCUT2D eigenvalue weighted by atomic mass is 32.1. The fraction of sp³-hybridized carbons (Fsp3) is 0.286. The molecule has 3 aromatic rings. The van der Waals surface area contributed by atoms with Gasteiger partial charge in [-0.3, -0.25) is 14.9 Å². The molecular formula is C21H22N4O3S. The quantitative estimate of drug-likeness (QED) is 0.700. The first-order valence-electron chi connectivity index (χ1n) is 9.44. The van der Waals surface area contributed by atoms with E-state index in [9.17, 15) is 9.59 Å². The number of ether oxygens (including phenoxy) is 1. The third-order valence-corrected chi connectivity index (χ3v) is 5.72. The minimum absolute atomic E-state index is 0.0373. The lowest BCUT2D eigenvalue weighted by Gasteiger charge is -2.32. The molecule has 0 aliphatic carbocycles. The highest BCUT2D eigenvalue weighted by molar-refractivity contribution is 7.22. The lowest BCUT2D eigenvalue weighted by atomic mass is 10.1. The average molecular weight is 410 g/mol. The van der Waals surface area contributed by atoms with E-state index >= 15 is 0 Å². The van der Waals surface area contributed by atoms with Crippen molar-refractivity contribution in [3.8, 4) is 5.75 Å². The van der Waals surface area contributed by atoms with E-state index < -0.39 is 0 Å². The molecule has 0 radical (unpaired) electrons. The number of hydrogen-bond acceptors (Lipinski definition) is 6. The molecule has 0 atom stereocenters. The minimum Gasteiger partial charge on any atom is -0.484 e. The monoisotopic (exact) mass is 410 g/mol. The molecule has 150 valence electrons. The largest absolute Gasteiger partial charge is 0.484 e. The fourth-order valence-corrected chi connectivity index (χ4v) is 4.05. The van der Waals surface area contributed by atoms with E-state index in [0.717, 1.165) is 36.4 Å². The number of rotatable bonds is 5. The van der Waals surface area contributed by atoms with Crippen LogP contribution >= 0.6 is 11.3 Å². The third kappa shape index (κ3) is 4.72. The molecule has 0 bridgehead atoms. The Bertz CT molecular complexity index is 1010. The van der Waals surface area contributed by atoms with E-state index in [4.69, 9.17) is 4.74 Å². The van der Waals surface area contributed by atoms with Crippen molar-refractivity contribution in [1.82, 2.24) is 14.8 Å². The highest BCUT2D eigenvalue weighted by Crippen LogP contribution is 2.27. The maximum atomic E-state index is 12.8. The summed E-state index contributed by atoms with van der Waals surface area (Å²) < 4.78 is 6.32. The number of fused-ring (bicyclic) bond motifs is 1. The Morgan fingerprint density at radius 2 is 1.86 bits per heavy atom. The zero-order valence-corrected chi connectivity index (χ0v) is 16.9. The van der Waals surface area contributed by atoms with Crippen LogP contribution in [0.3, 0.4) is 0 Å². The minimum atomic E-state index is -0.276. The molecule has 2 amide bonds. The summed E-state index contributed by atoms with van der Waals surface area (Å²) >= 11 is 1.35. The molecule has 0 spiro atoms. The Balaban J connectivity index is 1.40. The Labute approximate surface area is 172 Å². The molecule has 0 saturated carbocycles. The number of likely N-dealkylation sites (N-methyl/N-ethyl adjacent to an activating group) is 1. The summed E-state index contributed by atoms with van der Waals surface area (Å²) in [6, 6.07) is 14.6. The summed E-state index contributed by atoms with van der Waals surface area (Å²) in [7, 11) is 2.06. The van der Waals surface area contributed by atoms with Crippen LogP contribution in [0.5, 0.6) is 5.75 Å². The van der Waals surface area contributed by atoms with Crippen LogP contribution in [-0.2, 0) is 4.79 Å². The van der Waals surface area contributed by atoms with Crippen LogP contribution in [0.2, 0.25) is 0 Å². The van der Waals surface area contributed by atoms with Crippen LogP contribution in [0, 0.1) is 0 Å². The molecule has 1 saturated heterocycles. The first-order chi connectivity index (χ1) is 14.1. The molecule has 7 nitrogen and oxygen atoms in total. The van der Waals surface area contributed by atoms with Gasteiger partial charge in [-0.1, -0.05) is 29.5 Å². The van der Waals surface area contributed by atoms with Gasteiger partial charge in [-0.15, -0.1) is 0 Å². The Morgan fingerprint density at radius 3 is 2.62 bits per heavy atom. The van der Waals surface area contributed by atoms with Gasteiger partial charge in [0.15, 0.2) is 11.7 Å².